The molecular weight excluding hydrogens is 366 g/mol. The van der Waals surface area contributed by atoms with Crippen LogP contribution >= 0.6 is 22.7 Å². The van der Waals surface area contributed by atoms with Crippen molar-refractivity contribution in [2.45, 2.75) is 39.2 Å². The average molecular weight is 384 g/mol. The summed E-state index contributed by atoms with van der Waals surface area (Å²) in [5.74, 6) is 1.36. The summed E-state index contributed by atoms with van der Waals surface area (Å²) in [6, 6.07) is 0. The molecule has 26 heavy (non-hydrogen) atoms. The second-order valence-corrected chi connectivity index (χ2v) is 8.56. The molecule has 0 spiro atoms. The van der Waals surface area contributed by atoms with Gasteiger partial charge in [0, 0.05) is 29.1 Å². The molecule has 4 aromatic heterocycles. The van der Waals surface area contributed by atoms with Crippen LogP contribution in [0.1, 0.15) is 51.2 Å². The van der Waals surface area contributed by atoms with E-state index in [0.717, 1.165) is 38.0 Å². The fourth-order valence-corrected chi connectivity index (χ4v) is 5.09. The van der Waals surface area contributed by atoms with E-state index in [1.807, 2.05) is 36.0 Å². The highest BCUT2D eigenvalue weighted by Crippen LogP contribution is 2.40. The van der Waals surface area contributed by atoms with Crippen LogP contribution < -0.4 is 5.32 Å². The zero-order chi connectivity index (χ0) is 17.8. The van der Waals surface area contributed by atoms with Gasteiger partial charge >= 0.3 is 0 Å². The normalized spacial score (nSPS) is 14.4. The van der Waals surface area contributed by atoms with Crippen LogP contribution in [0.3, 0.4) is 0 Å². The van der Waals surface area contributed by atoms with Crippen molar-refractivity contribution in [1.82, 2.24) is 24.7 Å². The number of aryl methyl sites for hydroxylation is 2. The van der Waals surface area contributed by atoms with E-state index >= 15 is 0 Å². The molecule has 6 nitrogen and oxygen atoms in total. The highest BCUT2D eigenvalue weighted by atomic mass is 32.1. The average Bonchev–Trinajstić information content (AvgIpc) is 3.12. The number of hydrogen-bond acceptors (Lipinski definition) is 6. The number of thiophene rings is 1. The second-order valence-electron chi connectivity index (χ2n) is 6.69. The van der Waals surface area contributed by atoms with Crippen LogP contribution in [0.15, 0.2) is 17.8 Å². The zero-order valence-corrected chi connectivity index (χ0v) is 16.1. The van der Waals surface area contributed by atoms with Crippen molar-refractivity contribution in [3.8, 4) is 0 Å². The van der Waals surface area contributed by atoms with Gasteiger partial charge in [-0.15, -0.1) is 22.7 Å². The van der Waals surface area contributed by atoms with E-state index in [1.165, 1.54) is 24.2 Å². The molecule has 1 N–H and O–H groups in total. The number of nitrogens with one attached hydrogen (secondary N) is 1. The Bertz CT molecular complexity index is 1120. The van der Waals surface area contributed by atoms with Crippen molar-refractivity contribution < 1.29 is 4.79 Å². The third-order valence-electron chi connectivity index (χ3n) is 4.71. The number of aromatic nitrogens is 4. The van der Waals surface area contributed by atoms with Crippen LogP contribution in [0.4, 0.5) is 0 Å². The van der Waals surface area contributed by atoms with Gasteiger partial charge < -0.3 is 5.32 Å². The molecule has 4 heterocycles. The number of carbonyl (C=O) groups excluding carboxylic acids is 1. The van der Waals surface area contributed by atoms with Gasteiger partial charge in [-0.25, -0.2) is 15.0 Å². The van der Waals surface area contributed by atoms with E-state index in [-0.39, 0.29) is 5.91 Å². The SMILES string of the molecule is Cc1nc(C2CC2)nc2sc(C(=O)NCc3cn4ccsc4n3)c(C)c12. The topological polar surface area (TPSA) is 72.2 Å². The van der Waals surface area contributed by atoms with E-state index in [4.69, 9.17) is 4.98 Å². The van der Waals surface area contributed by atoms with Crippen molar-refractivity contribution in [3.05, 3.63) is 45.4 Å². The van der Waals surface area contributed by atoms with Crippen LogP contribution in [-0.2, 0) is 6.54 Å². The Morgan fingerprint density at radius 2 is 2.15 bits per heavy atom. The zero-order valence-electron chi connectivity index (χ0n) is 14.4. The van der Waals surface area contributed by atoms with Crippen LogP contribution in [0.5, 0.6) is 0 Å². The van der Waals surface area contributed by atoms with Gasteiger partial charge in [0.1, 0.15) is 10.7 Å². The molecule has 0 radical (unpaired) electrons. The Kier molecular flexibility index (Phi) is 3.58. The van der Waals surface area contributed by atoms with Crippen molar-refractivity contribution in [1.29, 1.82) is 0 Å². The van der Waals surface area contributed by atoms with Gasteiger partial charge in [0.15, 0.2) is 4.96 Å². The molecule has 1 fully saturated rings. The summed E-state index contributed by atoms with van der Waals surface area (Å²) in [5, 5.41) is 6.00. The van der Waals surface area contributed by atoms with Gasteiger partial charge in [0.25, 0.3) is 5.91 Å². The third-order valence-corrected chi connectivity index (χ3v) is 6.67. The molecule has 5 rings (SSSR count). The van der Waals surface area contributed by atoms with E-state index < -0.39 is 0 Å². The van der Waals surface area contributed by atoms with Gasteiger partial charge in [-0.3, -0.25) is 9.20 Å². The molecule has 132 valence electrons. The maximum atomic E-state index is 12.7. The first-order valence-electron chi connectivity index (χ1n) is 8.57. The predicted molar refractivity (Wildman–Crippen MR) is 103 cm³/mol. The fourth-order valence-electron chi connectivity index (χ4n) is 3.21. The molecule has 8 heteroatoms. The predicted octanol–water partition coefficient (Wildman–Crippen LogP) is 3.82. The van der Waals surface area contributed by atoms with E-state index in [9.17, 15) is 4.79 Å². The Labute approximate surface area is 157 Å². The largest absolute Gasteiger partial charge is 0.346 e. The summed E-state index contributed by atoms with van der Waals surface area (Å²) in [5.41, 5.74) is 2.79. The summed E-state index contributed by atoms with van der Waals surface area (Å²) in [4.78, 5) is 29.2. The van der Waals surface area contributed by atoms with E-state index in [1.54, 1.807) is 11.3 Å². The van der Waals surface area contributed by atoms with Crippen LogP contribution in [-0.4, -0.2) is 25.3 Å². The lowest BCUT2D eigenvalue weighted by Gasteiger charge is -2.03. The Balaban J connectivity index is 1.42. The number of imidazole rings is 1. The Morgan fingerprint density at radius 3 is 2.92 bits per heavy atom. The monoisotopic (exact) mass is 383 g/mol. The number of thiazole rings is 1. The molecule has 4 aromatic rings. The minimum Gasteiger partial charge on any atom is -0.346 e. The van der Waals surface area contributed by atoms with Crippen molar-refractivity contribution in [2.24, 2.45) is 0 Å². The molecule has 0 saturated heterocycles. The van der Waals surface area contributed by atoms with E-state index in [2.05, 4.69) is 15.3 Å². The molecule has 0 bridgehead atoms. The Hall–Kier alpha value is -2.32. The van der Waals surface area contributed by atoms with E-state index in [0.29, 0.717) is 17.3 Å². The van der Waals surface area contributed by atoms with Crippen molar-refractivity contribution in [3.63, 3.8) is 0 Å². The molecule has 0 atom stereocenters. The molecular formula is C18H17N5OS2. The summed E-state index contributed by atoms with van der Waals surface area (Å²) < 4.78 is 1.97. The lowest BCUT2D eigenvalue weighted by molar-refractivity contribution is 0.0954. The van der Waals surface area contributed by atoms with Crippen molar-refractivity contribution in [2.75, 3.05) is 0 Å². The van der Waals surface area contributed by atoms with Crippen LogP contribution in [0.2, 0.25) is 0 Å². The Morgan fingerprint density at radius 1 is 1.31 bits per heavy atom. The first-order valence-corrected chi connectivity index (χ1v) is 10.3. The van der Waals surface area contributed by atoms with Crippen LogP contribution in [0, 0.1) is 13.8 Å². The molecule has 0 unspecified atom stereocenters. The highest BCUT2D eigenvalue weighted by Gasteiger charge is 2.28. The van der Waals surface area contributed by atoms with Crippen molar-refractivity contribution >= 4 is 43.8 Å². The van der Waals surface area contributed by atoms with Gasteiger partial charge in [0.2, 0.25) is 0 Å². The number of rotatable bonds is 4. The quantitative estimate of drug-likeness (QED) is 0.581. The maximum Gasteiger partial charge on any atom is 0.262 e. The summed E-state index contributed by atoms with van der Waals surface area (Å²) in [7, 11) is 0. The fraction of sp³-hybridized carbons (Fsp3) is 0.333. The summed E-state index contributed by atoms with van der Waals surface area (Å²) >= 11 is 3.04. The number of hydrogen-bond donors (Lipinski definition) is 1. The smallest absolute Gasteiger partial charge is 0.262 e. The standard InChI is InChI=1S/C18H17N5OS2/c1-9-13-10(2)20-15(11-3-4-11)22-17(13)26-14(9)16(24)19-7-12-8-23-5-6-25-18(23)21-12/h5-6,8,11H,3-4,7H2,1-2H3,(H,19,24). The molecule has 1 saturated carbocycles. The minimum absolute atomic E-state index is 0.0748. The summed E-state index contributed by atoms with van der Waals surface area (Å²) in [6.07, 6.45) is 6.25. The first kappa shape index (κ1) is 15.9. The van der Waals surface area contributed by atoms with Gasteiger partial charge in [-0.1, -0.05) is 0 Å². The number of carbonyl (C=O) groups is 1. The molecule has 0 aromatic carbocycles. The van der Waals surface area contributed by atoms with Gasteiger partial charge in [-0.05, 0) is 32.3 Å². The molecule has 0 aliphatic heterocycles. The molecule has 1 amide bonds. The summed E-state index contributed by atoms with van der Waals surface area (Å²) in [6.45, 7) is 4.40. The lowest BCUT2D eigenvalue weighted by Crippen LogP contribution is -2.22. The first-order chi connectivity index (χ1) is 12.6. The second kappa shape index (κ2) is 5.85. The van der Waals surface area contributed by atoms with Gasteiger partial charge in [0.05, 0.1) is 22.8 Å². The minimum atomic E-state index is -0.0748. The number of nitrogens with zero attached hydrogens (tertiary/aromatic N) is 4. The number of fused-ring (bicyclic) bond motifs is 2. The van der Waals surface area contributed by atoms with Crippen LogP contribution in [0.25, 0.3) is 15.2 Å². The maximum absolute atomic E-state index is 12.7. The highest BCUT2D eigenvalue weighted by molar-refractivity contribution is 7.20. The third kappa shape index (κ3) is 2.60. The molecule has 1 aliphatic rings. The number of amides is 1. The van der Waals surface area contributed by atoms with Gasteiger partial charge in [-0.2, -0.15) is 0 Å². The lowest BCUT2D eigenvalue weighted by atomic mass is 10.1. The molecule has 1 aliphatic carbocycles.